The van der Waals surface area contributed by atoms with Crippen LogP contribution in [-0.4, -0.2) is 34.2 Å². The van der Waals surface area contributed by atoms with Crippen LogP contribution in [-0.2, 0) is 15.8 Å². The van der Waals surface area contributed by atoms with E-state index < -0.39 is 29.1 Å². The monoisotopic (exact) mass is 367 g/mol. The second kappa shape index (κ2) is 6.64. The number of Topliss-reactive ketones (excluding diaryl/α,β-unsaturated/α-hetero) is 1. The van der Waals surface area contributed by atoms with Gasteiger partial charge in [0.2, 0.25) is 5.78 Å². The van der Waals surface area contributed by atoms with Crippen LogP contribution in [0.15, 0.2) is 23.0 Å². The van der Waals surface area contributed by atoms with Gasteiger partial charge in [0.05, 0.1) is 28.6 Å². The van der Waals surface area contributed by atoms with E-state index in [-0.39, 0.29) is 23.2 Å². The Kier molecular flexibility index (Phi) is 4.66. The van der Waals surface area contributed by atoms with E-state index in [4.69, 9.17) is 0 Å². The molecule has 0 bridgehead atoms. The van der Waals surface area contributed by atoms with Crippen LogP contribution >= 0.6 is 0 Å². The van der Waals surface area contributed by atoms with Gasteiger partial charge in [0.25, 0.3) is 5.56 Å². The number of fused-ring (bicyclic) bond motifs is 1. The van der Waals surface area contributed by atoms with E-state index in [0.717, 1.165) is 18.2 Å². The molecule has 1 aromatic heterocycles. The molecule has 0 spiro atoms. The number of aldehydes is 1. The van der Waals surface area contributed by atoms with Crippen molar-refractivity contribution in [2.75, 3.05) is 6.54 Å². The third kappa shape index (κ3) is 3.26. The van der Waals surface area contributed by atoms with Crippen LogP contribution in [0.1, 0.15) is 30.3 Å². The van der Waals surface area contributed by atoms with Gasteiger partial charge in [0, 0.05) is 6.54 Å². The maximum absolute atomic E-state index is 12.8. The molecule has 0 radical (unpaired) electrons. The van der Waals surface area contributed by atoms with Gasteiger partial charge in [-0.05, 0) is 38.0 Å². The number of aromatic nitrogens is 2. The molecular formula is C17H16F3N3O3. The van der Waals surface area contributed by atoms with Gasteiger partial charge in [-0.15, -0.1) is 0 Å². The number of piperidine rings is 1. The lowest BCUT2D eigenvalue weighted by Gasteiger charge is -2.30. The number of carbonyl (C=O) groups is 2. The maximum atomic E-state index is 12.8. The number of nitrogens with zero attached hydrogens (tertiary/aromatic N) is 2. The van der Waals surface area contributed by atoms with Gasteiger partial charge in [0.1, 0.15) is 5.82 Å². The summed E-state index contributed by atoms with van der Waals surface area (Å²) in [6.45, 7) is 1.85. The second-order valence-corrected chi connectivity index (χ2v) is 6.28. The van der Waals surface area contributed by atoms with Crippen LogP contribution in [0.5, 0.6) is 0 Å². The summed E-state index contributed by atoms with van der Waals surface area (Å²) in [6, 6.07) is 2.01. The summed E-state index contributed by atoms with van der Waals surface area (Å²) >= 11 is 0. The van der Waals surface area contributed by atoms with Crippen molar-refractivity contribution in [1.29, 1.82) is 0 Å². The Morgan fingerprint density at radius 2 is 2.08 bits per heavy atom. The molecule has 26 heavy (non-hydrogen) atoms. The molecule has 3 rings (SSSR count). The Balaban J connectivity index is 1.97. The van der Waals surface area contributed by atoms with Crippen molar-refractivity contribution in [2.24, 2.45) is 0 Å². The van der Waals surface area contributed by atoms with Crippen molar-refractivity contribution in [3.8, 4) is 0 Å². The molecule has 138 valence electrons. The fraction of sp³-hybridized carbons (Fsp3) is 0.412. The molecule has 1 aromatic carbocycles. The number of benzene rings is 1. The molecule has 6 nitrogen and oxygen atoms in total. The van der Waals surface area contributed by atoms with E-state index in [1.165, 1.54) is 4.57 Å². The average molecular weight is 367 g/mol. The van der Waals surface area contributed by atoms with Gasteiger partial charge in [-0.1, -0.05) is 0 Å². The topological polar surface area (TPSA) is 81.1 Å². The van der Waals surface area contributed by atoms with Gasteiger partial charge in [0.15, 0.2) is 6.29 Å². The van der Waals surface area contributed by atoms with Crippen molar-refractivity contribution >= 4 is 23.0 Å². The minimum Gasteiger partial charge on any atom is -0.305 e. The largest absolute Gasteiger partial charge is 0.416 e. The summed E-state index contributed by atoms with van der Waals surface area (Å²) in [6.07, 6.45) is -3.37. The van der Waals surface area contributed by atoms with E-state index in [0.29, 0.717) is 25.2 Å². The van der Waals surface area contributed by atoms with E-state index in [1.54, 1.807) is 6.92 Å². The Hall–Kier alpha value is -2.55. The van der Waals surface area contributed by atoms with Crippen LogP contribution in [0.4, 0.5) is 13.2 Å². The Labute approximate surface area is 146 Å². The van der Waals surface area contributed by atoms with E-state index in [2.05, 4.69) is 10.3 Å². The molecule has 2 heterocycles. The number of hydrogen-bond donors (Lipinski definition) is 1. The first kappa shape index (κ1) is 18.2. The highest BCUT2D eigenvalue weighted by Gasteiger charge is 2.32. The molecule has 0 amide bonds. The van der Waals surface area contributed by atoms with Crippen LogP contribution in [0, 0.1) is 6.92 Å². The lowest BCUT2D eigenvalue weighted by atomic mass is 9.97. The fourth-order valence-electron chi connectivity index (χ4n) is 3.30. The first-order valence-corrected chi connectivity index (χ1v) is 8.05. The third-order valence-corrected chi connectivity index (χ3v) is 4.62. The minimum absolute atomic E-state index is 0.00338. The van der Waals surface area contributed by atoms with E-state index >= 15 is 0 Å². The summed E-state index contributed by atoms with van der Waals surface area (Å²) in [5, 5.41) is 3.04. The molecule has 2 unspecified atom stereocenters. The van der Waals surface area contributed by atoms with Gasteiger partial charge in [-0.3, -0.25) is 19.0 Å². The quantitative estimate of drug-likeness (QED) is 0.661. The molecule has 1 aliphatic heterocycles. The average Bonchev–Trinajstić information content (AvgIpc) is 2.60. The zero-order valence-electron chi connectivity index (χ0n) is 13.8. The van der Waals surface area contributed by atoms with Gasteiger partial charge < -0.3 is 5.32 Å². The zero-order chi connectivity index (χ0) is 19.1. The fourth-order valence-corrected chi connectivity index (χ4v) is 3.30. The maximum Gasteiger partial charge on any atom is 0.416 e. The van der Waals surface area contributed by atoms with Crippen LogP contribution in [0.3, 0.4) is 0 Å². The molecule has 0 aliphatic carbocycles. The van der Waals surface area contributed by atoms with Crippen molar-refractivity contribution < 1.29 is 22.8 Å². The lowest BCUT2D eigenvalue weighted by molar-refractivity contribution is -0.137. The van der Waals surface area contributed by atoms with E-state index in [1.807, 2.05) is 0 Å². The van der Waals surface area contributed by atoms with Gasteiger partial charge in [-0.2, -0.15) is 13.2 Å². The first-order chi connectivity index (χ1) is 12.2. The highest BCUT2D eigenvalue weighted by molar-refractivity contribution is 6.27. The van der Waals surface area contributed by atoms with Gasteiger partial charge in [-0.25, -0.2) is 4.98 Å². The number of nitrogens with one attached hydrogen (secondary N) is 1. The molecule has 2 atom stereocenters. The molecule has 2 aromatic rings. The van der Waals surface area contributed by atoms with Crippen molar-refractivity contribution in [2.45, 2.75) is 38.0 Å². The normalized spacial score (nSPS) is 20.9. The SMILES string of the molecule is Cc1nc2cc(C(F)(F)F)ccc2c(=O)n1C1CCC(C(=O)C=O)NC1. The molecule has 0 saturated carbocycles. The van der Waals surface area contributed by atoms with Crippen LogP contribution in [0.2, 0.25) is 0 Å². The van der Waals surface area contributed by atoms with Crippen LogP contribution < -0.4 is 10.9 Å². The first-order valence-electron chi connectivity index (χ1n) is 8.05. The summed E-state index contributed by atoms with van der Waals surface area (Å²) < 4.78 is 40.0. The van der Waals surface area contributed by atoms with E-state index in [9.17, 15) is 27.6 Å². The number of aryl methyl sites for hydroxylation is 1. The van der Waals surface area contributed by atoms with Crippen molar-refractivity contribution in [1.82, 2.24) is 14.9 Å². The minimum atomic E-state index is -4.51. The smallest absolute Gasteiger partial charge is 0.305 e. The Bertz CT molecular complexity index is 928. The predicted molar refractivity (Wildman–Crippen MR) is 86.9 cm³/mol. The number of carbonyl (C=O) groups excluding carboxylic acids is 2. The lowest BCUT2D eigenvalue weighted by Crippen LogP contribution is -2.47. The number of halogens is 3. The Morgan fingerprint density at radius 3 is 2.65 bits per heavy atom. The zero-order valence-corrected chi connectivity index (χ0v) is 13.8. The molecular weight excluding hydrogens is 351 g/mol. The van der Waals surface area contributed by atoms with Crippen molar-refractivity contribution in [3.63, 3.8) is 0 Å². The summed E-state index contributed by atoms with van der Waals surface area (Å²) in [4.78, 5) is 38.9. The number of rotatable bonds is 3. The van der Waals surface area contributed by atoms with Crippen molar-refractivity contribution in [3.05, 3.63) is 39.9 Å². The highest BCUT2D eigenvalue weighted by atomic mass is 19.4. The summed E-state index contributed by atoms with van der Waals surface area (Å²) in [7, 11) is 0. The summed E-state index contributed by atoms with van der Waals surface area (Å²) in [5.74, 6) is -0.238. The highest BCUT2D eigenvalue weighted by Crippen LogP contribution is 2.30. The predicted octanol–water partition coefficient (Wildman–Crippen LogP) is 1.78. The summed E-state index contributed by atoms with van der Waals surface area (Å²) in [5.41, 5.74) is -1.28. The number of hydrogen-bond acceptors (Lipinski definition) is 5. The number of ketones is 1. The number of alkyl halides is 3. The Morgan fingerprint density at radius 1 is 1.35 bits per heavy atom. The molecule has 1 aliphatic rings. The van der Waals surface area contributed by atoms with Crippen LogP contribution in [0.25, 0.3) is 10.9 Å². The molecule has 1 saturated heterocycles. The molecule has 1 fully saturated rings. The standard InChI is InChI=1S/C17H16F3N3O3/c1-9-22-14-6-10(17(18,19)20)2-4-12(14)16(26)23(9)11-3-5-13(21-7-11)15(25)8-24/h2,4,6,8,11,13,21H,3,5,7H2,1H3. The van der Waals surface area contributed by atoms with Gasteiger partial charge >= 0.3 is 6.18 Å². The molecule has 1 N–H and O–H groups in total. The molecule has 9 heteroatoms. The second-order valence-electron chi connectivity index (χ2n) is 6.28. The third-order valence-electron chi connectivity index (χ3n) is 4.62.